The van der Waals surface area contributed by atoms with Gasteiger partial charge in [0.1, 0.15) is 0 Å². The second kappa shape index (κ2) is 9.95. The average Bonchev–Trinajstić information content (AvgIpc) is 2.26. The number of hydrogen-bond acceptors (Lipinski definition) is 2. The molecule has 0 unspecified atom stereocenters. The molecule has 0 spiro atoms. The minimum absolute atomic E-state index is 0.174. The molecule has 19 heavy (non-hydrogen) atoms. The van der Waals surface area contributed by atoms with Crippen LogP contribution < -0.4 is 0 Å². The van der Waals surface area contributed by atoms with Gasteiger partial charge in [0, 0.05) is 11.6 Å². The van der Waals surface area contributed by atoms with E-state index in [4.69, 9.17) is 4.43 Å². The lowest BCUT2D eigenvalue weighted by atomic mass is 10.0. The van der Waals surface area contributed by atoms with Crippen molar-refractivity contribution in [3.8, 4) is 0 Å². The molecule has 0 saturated carbocycles. The lowest BCUT2D eigenvalue weighted by molar-refractivity contribution is 0.128. The quantitative estimate of drug-likeness (QED) is 0.422. The van der Waals surface area contributed by atoms with Gasteiger partial charge in [0.05, 0.1) is 6.10 Å². The highest BCUT2D eigenvalue weighted by molar-refractivity contribution is 6.72. The van der Waals surface area contributed by atoms with E-state index >= 15 is 0 Å². The van der Waals surface area contributed by atoms with Gasteiger partial charge in [-0.05, 0) is 39.8 Å². The Labute approximate surface area is 122 Å². The van der Waals surface area contributed by atoms with Gasteiger partial charge < -0.3 is 9.53 Å². The minimum atomic E-state index is -1.81. The van der Waals surface area contributed by atoms with Crippen LogP contribution in [0.1, 0.15) is 72.6 Å². The molecule has 0 aliphatic carbocycles. The topological polar surface area (TPSA) is 29.5 Å². The van der Waals surface area contributed by atoms with Crippen molar-refractivity contribution in [2.75, 3.05) is 0 Å². The van der Waals surface area contributed by atoms with Crippen molar-refractivity contribution >= 4 is 8.32 Å². The van der Waals surface area contributed by atoms with Crippen molar-refractivity contribution in [2.24, 2.45) is 0 Å². The van der Waals surface area contributed by atoms with Crippen molar-refractivity contribution < 1.29 is 9.53 Å². The second-order valence-electron chi connectivity index (χ2n) is 6.58. The smallest absolute Gasteiger partial charge is 0.192 e. The van der Waals surface area contributed by atoms with Crippen LogP contribution >= 0.6 is 0 Å². The Bertz CT molecular complexity index is 217. The van der Waals surface area contributed by atoms with Gasteiger partial charge in [0.15, 0.2) is 8.32 Å². The lowest BCUT2D eigenvalue weighted by Crippen LogP contribution is -2.44. The fourth-order valence-electron chi connectivity index (χ4n) is 2.99. The summed E-state index contributed by atoms with van der Waals surface area (Å²) in [5, 5.41) is 10.5. The van der Waals surface area contributed by atoms with Crippen LogP contribution in [0.3, 0.4) is 0 Å². The van der Waals surface area contributed by atoms with Gasteiger partial charge in [0.25, 0.3) is 0 Å². The molecule has 2 nitrogen and oxygen atoms in total. The molecule has 0 aliphatic rings. The van der Waals surface area contributed by atoms with Crippen LogP contribution in [-0.4, -0.2) is 25.6 Å². The molecule has 0 saturated heterocycles. The maximum Gasteiger partial charge on any atom is 0.192 e. The van der Waals surface area contributed by atoms with Crippen LogP contribution in [0.5, 0.6) is 0 Å². The second-order valence-corrected chi connectivity index (χ2v) is 10.8. The summed E-state index contributed by atoms with van der Waals surface area (Å²) in [6, 6.07) is 0. The zero-order valence-corrected chi connectivity index (χ0v) is 15.0. The van der Waals surface area contributed by atoms with Crippen molar-refractivity contribution in [3.05, 3.63) is 0 Å². The Morgan fingerprint density at radius 2 is 1.58 bits per heavy atom. The van der Waals surface area contributed by atoms with Crippen LogP contribution in [-0.2, 0) is 4.43 Å². The lowest BCUT2D eigenvalue weighted by Gasteiger charge is -2.37. The van der Waals surface area contributed by atoms with Crippen LogP contribution in [0.15, 0.2) is 0 Å². The van der Waals surface area contributed by atoms with Gasteiger partial charge >= 0.3 is 0 Å². The summed E-state index contributed by atoms with van der Waals surface area (Å²) in [7, 11) is -1.81. The van der Waals surface area contributed by atoms with Crippen LogP contribution in [0.2, 0.25) is 18.6 Å². The average molecular weight is 289 g/mol. The van der Waals surface area contributed by atoms with Crippen LogP contribution in [0, 0.1) is 0 Å². The summed E-state index contributed by atoms with van der Waals surface area (Å²) < 4.78 is 6.20. The van der Waals surface area contributed by atoms with Gasteiger partial charge in [-0.2, -0.15) is 0 Å². The highest BCUT2D eigenvalue weighted by Crippen LogP contribution is 2.34. The number of hydrogen-bond donors (Lipinski definition) is 1. The number of aliphatic hydroxyl groups is 1. The summed E-state index contributed by atoms with van der Waals surface area (Å²) in [5.74, 6) is 0. The third kappa shape index (κ3) is 8.11. The summed E-state index contributed by atoms with van der Waals surface area (Å²) in [4.78, 5) is 0. The fourth-order valence-corrected chi connectivity index (χ4v) is 6.37. The van der Waals surface area contributed by atoms with Crippen molar-refractivity contribution in [1.29, 1.82) is 0 Å². The van der Waals surface area contributed by atoms with E-state index in [1.807, 2.05) is 0 Å². The van der Waals surface area contributed by atoms with Gasteiger partial charge in [-0.15, -0.1) is 0 Å². The predicted octanol–water partition coefficient (Wildman–Crippen LogP) is 5.12. The van der Waals surface area contributed by atoms with Crippen molar-refractivity contribution in [1.82, 2.24) is 0 Å². The maximum absolute atomic E-state index is 10.5. The molecule has 116 valence electrons. The normalized spacial score (nSPS) is 15.8. The minimum Gasteiger partial charge on any atom is -0.415 e. The van der Waals surface area contributed by atoms with E-state index < -0.39 is 8.32 Å². The molecule has 0 aromatic rings. The zero-order valence-electron chi connectivity index (χ0n) is 14.0. The Morgan fingerprint density at radius 1 is 0.947 bits per heavy atom. The maximum atomic E-state index is 10.5. The predicted molar refractivity (Wildman–Crippen MR) is 87.1 cm³/mol. The summed E-state index contributed by atoms with van der Waals surface area (Å²) >= 11 is 0. The first kappa shape index (κ1) is 19.1. The number of aliphatic hydroxyl groups excluding tert-OH is 1. The van der Waals surface area contributed by atoms with Gasteiger partial charge in [-0.25, -0.2) is 0 Å². The van der Waals surface area contributed by atoms with E-state index in [9.17, 15) is 5.11 Å². The highest BCUT2D eigenvalue weighted by Gasteiger charge is 2.38. The standard InChI is InChI=1S/C16H36O2Si/c1-7-9-10-11-13-16(15(17)12-8-2)19(5,6)18-14(3)4/h14-17H,7-13H2,1-6H3/t15-,16-/m1/s1. The molecule has 0 radical (unpaired) electrons. The summed E-state index contributed by atoms with van der Waals surface area (Å²) in [6.45, 7) is 13.1. The molecule has 0 bridgehead atoms. The molecule has 2 atom stereocenters. The first-order valence-electron chi connectivity index (χ1n) is 8.21. The van der Waals surface area contributed by atoms with Crippen LogP contribution in [0.25, 0.3) is 0 Å². The third-order valence-electron chi connectivity index (χ3n) is 3.85. The summed E-state index contributed by atoms with van der Waals surface area (Å²) in [5.41, 5.74) is 0.381. The third-order valence-corrected chi connectivity index (χ3v) is 7.39. The van der Waals surface area contributed by atoms with E-state index in [0.717, 1.165) is 19.3 Å². The Balaban J connectivity index is 4.55. The number of rotatable bonds is 11. The zero-order chi connectivity index (χ0) is 14.9. The molecular weight excluding hydrogens is 252 g/mol. The van der Waals surface area contributed by atoms with E-state index in [-0.39, 0.29) is 12.2 Å². The van der Waals surface area contributed by atoms with E-state index in [2.05, 4.69) is 40.8 Å². The van der Waals surface area contributed by atoms with E-state index in [0.29, 0.717) is 5.54 Å². The molecule has 0 rings (SSSR count). The SMILES string of the molecule is CCCCCC[C@H]([C@H](O)CCC)[Si](C)(C)OC(C)C. The van der Waals surface area contributed by atoms with Crippen LogP contribution in [0.4, 0.5) is 0 Å². The number of unbranched alkanes of at least 4 members (excludes halogenated alkanes) is 3. The molecule has 0 heterocycles. The Hall–Kier alpha value is 0.137. The monoisotopic (exact) mass is 288 g/mol. The van der Waals surface area contributed by atoms with E-state index in [1.165, 1.54) is 25.7 Å². The molecule has 0 amide bonds. The largest absolute Gasteiger partial charge is 0.415 e. The molecule has 0 aliphatic heterocycles. The molecule has 0 fully saturated rings. The van der Waals surface area contributed by atoms with Gasteiger partial charge in [0.2, 0.25) is 0 Å². The highest BCUT2D eigenvalue weighted by atomic mass is 28.4. The van der Waals surface area contributed by atoms with Gasteiger partial charge in [-0.1, -0.05) is 46.0 Å². The molecule has 0 aromatic carbocycles. The van der Waals surface area contributed by atoms with Crippen molar-refractivity contribution in [3.63, 3.8) is 0 Å². The Morgan fingerprint density at radius 3 is 2.05 bits per heavy atom. The molecular formula is C16H36O2Si. The molecule has 1 N–H and O–H groups in total. The molecule has 3 heteroatoms. The van der Waals surface area contributed by atoms with Gasteiger partial charge in [-0.3, -0.25) is 0 Å². The molecule has 0 aromatic heterocycles. The first-order valence-corrected chi connectivity index (χ1v) is 11.2. The first-order chi connectivity index (χ1) is 8.85. The van der Waals surface area contributed by atoms with E-state index in [1.54, 1.807) is 0 Å². The summed E-state index contributed by atoms with van der Waals surface area (Å²) in [6.07, 6.45) is 8.30. The van der Waals surface area contributed by atoms with Crippen molar-refractivity contribution in [2.45, 2.75) is 103 Å². The Kier molecular flexibility index (Phi) is 10.0. The fraction of sp³-hybridized carbons (Fsp3) is 1.00.